The van der Waals surface area contributed by atoms with Gasteiger partial charge in [0.05, 0.1) is 16.8 Å². The lowest BCUT2D eigenvalue weighted by atomic mass is 9.80. The molecule has 11 nitrogen and oxygen atoms in total. The molecule has 0 saturated heterocycles. The van der Waals surface area contributed by atoms with Crippen LogP contribution in [0.3, 0.4) is 0 Å². The average molecular weight is 704 g/mol. The van der Waals surface area contributed by atoms with E-state index in [1.807, 2.05) is 54.4 Å². The summed E-state index contributed by atoms with van der Waals surface area (Å²) in [7, 11) is 3.86. The topological polar surface area (TPSA) is 134 Å². The van der Waals surface area contributed by atoms with Crippen molar-refractivity contribution in [2.45, 2.75) is 84.7 Å². The second kappa shape index (κ2) is 13.1. The number of nitrogens with zero attached hydrogens (tertiary/aromatic N) is 5. The third-order valence-electron chi connectivity index (χ3n) is 13.0. The van der Waals surface area contributed by atoms with Crippen molar-refractivity contribution in [3.8, 4) is 11.1 Å². The van der Waals surface area contributed by atoms with Gasteiger partial charge in [-0.1, -0.05) is 30.3 Å². The van der Waals surface area contributed by atoms with Gasteiger partial charge >= 0.3 is 5.97 Å². The molecule has 0 unspecified atom stereocenters. The van der Waals surface area contributed by atoms with Gasteiger partial charge in [-0.2, -0.15) is 0 Å². The number of rotatable bonds is 10. The van der Waals surface area contributed by atoms with Crippen LogP contribution in [-0.2, 0) is 51.2 Å². The summed E-state index contributed by atoms with van der Waals surface area (Å²) in [6.07, 6.45) is 7.46. The summed E-state index contributed by atoms with van der Waals surface area (Å²) < 4.78 is 3.90. The summed E-state index contributed by atoms with van der Waals surface area (Å²) in [5.41, 5.74) is 9.51. The van der Waals surface area contributed by atoms with Crippen molar-refractivity contribution in [1.29, 1.82) is 0 Å². The van der Waals surface area contributed by atoms with Gasteiger partial charge in [0.1, 0.15) is 0 Å². The number of carboxylic acids is 1. The Morgan fingerprint density at radius 1 is 0.885 bits per heavy atom. The summed E-state index contributed by atoms with van der Waals surface area (Å²) in [5.74, 6) is 0.0602. The molecule has 0 atom stereocenters. The minimum Gasteiger partial charge on any atom is -0.481 e. The predicted molar refractivity (Wildman–Crippen MR) is 198 cm³/mol. The smallest absolute Gasteiger partial charge is 0.309 e. The number of carbonyl (C=O) groups excluding carboxylic acids is 2. The summed E-state index contributed by atoms with van der Waals surface area (Å²) in [4.78, 5) is 51.2. The van der Waals surface area contributed by atoms with Crippen LogP contribution < -0.4 is 10.6 Å². The molecule has 3 N–H and O–H groups in total. The molecule has 2 aliphatic carbocycles. The van der Waals surface area contributed by atoms with Crippen LogP contribution in [0, 0.1) is 24.7 Å². The summed E-state index contributed by atoms with van der Waals surface area (Å²) in [6, 6.07) is 12.0. The van der Waals surface area contributed by atoms with E-state index in [2.05, 4.69) is 39.6 Å². The van der Waals surface area contributed by atoms with E-state index < -0.39 is 11.4 Å². The first-order chi connectivity index (χ1) is 25.0. The van der Waals surface area contributed by atoms with Crippen LogP contribution in [0.15, 0.2) is 36.4 Å². The Bertz CT molecular complexity index is 2100. The van der Waals surface area contributed by atoms with Gasteiger partial charge in [-0.25, -0.2) is 9.97 Å². The number of hydrogen-bond donors (Lipinski definition) is 3. The zero-order chi connectivity index (χ0) is 36.4. The van der Waals surface area contributed by atoms with Gasteiger partial charge in [0.15, 0.2) is 11.6 Å². The van der Waals surface area contributed by atoms with Gasteiger partial charge in [-0.15, -0.1) is 0 Å². The monoisotopic (exact) mass is 703 g/mol. The number of hydrogen-bond acceptors (Lipinski definition) is 7. The Kier molecular flexibility index (Phi) is 8.69. The third-order valence-corrected chi connectivity index (χ3v) is 13.0. The average Bonchev–Trinajstić information content (AvgIpc) is 3.90. The minimum atomic E-state index is -0.610. The Morgan fingerprint density at radius 3 is 2.31 bits per heavy atom. The van der Waals surface area contributed by atoms with E-state index in [1.54, 1.807) is 0 Å². The van der Waals surface area contributed by atoms with Gasteiger partial charge in [0.2, 0.25) is 5.78 Å². The molecule has 2 bridgehead atoms. The molecular weight excluding hydrogens is 654 g/mol. The molecule has 2 fully saturated rings. The zero-order valence-electron chi connectivity index (χ0n) is 30.8. The molecule has 0 spiro atoms. The van der Waals surface area contributed by atoms with E-state index in [0.717, 1.165) is 127 Å². The lowest BCUT2D eigenvalue weighted by Crippen LogP contribution is -2.34. The van der Waals surface area contributed by atoms with E-state index >= 15 is 0 Å². The van der Waals surface area contributed by atoms with Gasteiger partial charge < -0.3 is 24.9 Å². The molecule has 4 heterocycles. The van der Waals surface area contributed by atoms with Crippen molar-refractivity contribution in [2.24, 2.45) is 24.9 Å². The number of nitrogens with one attached hydrogen (secondary N) is 2. The van der Waals surface area contributed by atoms with Crippen LogP contribution in [0.25, 0.3) is 11.1 Å². The molecule has 2 aliphatic heterocycles. The summed E-state index contributed by atoms with van der Waals surface area (Å²) in [6.45, 7) is 8.19. The number of fused-ring (bicyclic) bond motifs is 4. The number of anilines is 1. The van der Waals surface area contributed by atoms with Gasteiger partial charge in [0.25, 0.3) is 5.91 Å². The molecule has 4 aromatic rings. The molecule has 11 heteroatoms. The van der Waals surface area contributed by atoms with Crippen LogP contribution in [0.1, 0.15) is 99.2 Å². The lowest BCUT2D eigenvalue weighted by Gasteiger charge is -2.32. The highest BCUT2D eigenvalue weighted by Gasteiger charge is 2.57. The third kappa shape index (κ3) is 5.87. The quantitative estimate of drug-likeness (QED) is 0.183. The number of benzene rings is 2. The van der Waals surface area contributed by atoms with Crippen molar-refractivity contribution in [3.63, 3.8) is 0 Å². The number of imidazole rings is 2. The molecule has 1 amide bonds. The van der Waals surface area contributed by atoms with E-state index in [-0.39, 0.29) is 23.5 Å². The number of ketones is 1. The molecule has 4 aliphatic rings. The van der Waals surface area contributed by atoms with Crippen molar-refractivity contribution >= 4 is 23.3 Å². The highest BCUT2D eigenvalue weighted by atomic mass is 16.4. The SMILES string of the molecule is Cc1c(CC(=O)c2nc3c(n2C)CCNC3)cccc1-c1cccc(NC(=O)c2nc3c(n2C)CCN(CCC24CCC(C(=O)O)(CC2)C4)C3)c1C. The Balaban J connectivity index is 0.951. The van der Waals surface area contributed by atoms with Crippen LogP contribution in [0.4, 0.5) is 5.69 Å². The van der Waals surface area contributed by atoms with Gasteiger partial charge in [0, 0.05) is 76.6 Å². The Morgan fingerprint density at radius 2 is 1.58 bits per heavy atom. The summed E-state index contributed by atoms with van der Waals surface area (Å²) >= 11 is 0. The number of aromatic nitrogens is 4. The molecule has 52 heavy (non-hydrogen) atoms. The van der Waals surface area contributed by atoms with Crippen molar-refractivity contribution < 1.29 is 19.5 Å². The molecular formula is C41H49N7O4. The molecule has 2 aromatic heterocycles. The van der Waals surface area contributed by atoms with Crippen LogP contribution >= 0.6 is 0 Å². The number of carbonyl (C=O) groups is 3. The number of Topliss-reactive ketones (excluding diaryl/α,β-unsaturated/α-hetero) is 1. The lowest BCUT2D eigenvalue weighted by molar-refractivity contribution is -0.148. The maximum atomic E-state index is 13.8. The number of aliphatic carboxylic acids is 1. The Labute approximate surface area is 304 Å². The maximum absolute atomic E-state index is 13.8. The largest absolute Gasteiger partial charge is 0.481 e. The molecule has 2 aromatic carbocycles. The molecule has 8 rings (SSSR count). The van der Waals surface area contributed by atoms with E-state index in [1.165, 1.54) is 0 Å². The fourth-order valence-electron chi connectivity index (χ4n) is 9.69. The maximum Gasteiger partial charge on any atom is 0.309 e. The minimum absolute atomic E-state index is 0.00455. The second-order valence-corrected chi connectivity index (χ2v) is 15.9. The van der Waals surface area contributed by atoms with Crippen LogP contribution in [-0.4, -0.2) is 66.4 Å². The van der Waals surface area contributed by atoms with Crippen molar-refractivity contribution in [1.82, 2.24) is 29.3 Å². The standard InChI is InChI=1S/C41H49N7O4/c1-25-27(21-35(49)36-43-31-22-42-18-11-33(31)46(36)3)7-5-8-28(25)29-9-6-10-30(26(29)2)45-38(50)37-44-32-23-48(19-12-34(32)47(37)4)20-17-40-13-15-41(24-40,16-14-40)39(51)52/h5-10,42H,11-24H2,1-4H3,(H,45,50)(H,51,52). The number of carboxylic acid groups (broad SMARTS) is 1. The highest BCUT2D eigenvalue weighted by molar-refractivity contribution is 6.03. The first kappa shape index (κ1) is 34.5. The number of amides is 1. The Hall–Kier alpha value is -4.61. The molecule has 2 saturated carbocycles. The van der Waals surface area contributed by atoms with E-state index in [9.17, 15) is 19.5 Å². The van der Waals surface area contributed by atoms with E-state index in [4.69, 9.17) is 4.98 Å². The molecule has 0 radical (unpaired) electrons. The highest BCUT2D eigenvalue weighted by Crippen LogP contribution is 2.63. The zero-order valence-corrected chi connectivity index (χ0v) is 30.8. The van der Waals surface area contributed by atoms with Crippen molar-refractivity contribution in [2.75, 3.05) is 25.0 Å². The predicted octanol–water partition coefficient (Wildman–Crippen LogP) is 5.54. The van der Waals surface area contributed by atoms with Crippen LogP contribution in [0.2, 0.25) is 0 Å². The fourth-order valence-corrected chi connectivity index (χ4v) is 9.69. The van der Waals surface area contributed by atoms with E-state index in [0.29, 0.717) is 24.7 Å². The van der Waals surface area contributed by atoms with Crippen molar-refractivity contribution in [3.05, 3.63) is 87.5 Å². The van der Waals surface area contributed by atoms with Gasteiger partial charge in [-0.3, -0.25) is 19.3 Å². The summed E-state index contributed by atoms with van der Waals surface area (Å²) in [5, 5.41) is 16.3. The first-order valence-electron chi connectivity index (χ1n) is 18.8. The van der Waals surface area contributed by atoms with Gasteiger partial charge in [-0.05, 0) is 98.2 Å². The first-order valence-corrected chi connectivity index (χ1v) is 18.8. The van der Waals surface area contributed by atoms with Crippen LogP contribution in [0.5, 0.6) is 0 Å². The normalized spacial score (nSPS) is 22.3. The second-order valence-electron chi connectivity index (χ2n) is 15.9. The fraction of sp³-hybridized carbons (Fsp3) is 0.488. The molecule has 272 valence electrons.